The van der Waals surface area contributed by atoms with E-state index in [4.69, 9.17) is 5.10 Å². The molecule has 4 aromatic rings. The molecule has 33 heavy (non-hydrogen) atoms. The van der Waals surface area contributed by atoms with E-state index >= 15 is 0 Å². The fourth-order valence-electron chi connectivity index (χ4n) is 4.54. The number of aryl methyl sites for hydroxylation is 4. The smallest absolute Gasteiger partial charge is 0.272 e. The van der Waals surface area contributed by atoms with E-state index in [2.05, 4.69) is 82.3 Å². The van der Waals surface area contributed by atoms with Crippen LogP contribution in [0.3, 0.4) is 0 Å². The molecule has 2 heterocycles. The molecule has 0 radical (unpaired) electrons. The van der Waals surface area contributed by atoms with Crippen molar-refractivity contribution in [2.45, 2.75) is 40.7 Å². The van der Waals surface area contributed by atoms with E-state index in [0.717, 1.165) is 34.5 Å². The first kappa shape index (κ1) is 21.2. The molecule has 1 amide bonds. The lowest BCUT2D eigenvalue weighted by atomic mass is 9.99. The number of carbonyl (C=O) groups is 1. The van der Waals surface area contributed by atoms with E-state index in [1.165, 1.54) is 22.3 Å². The van der Waals surface area contributed by atoms with Gasteiger partial charge in [0.2, 0.25) is 0 Å². The molecule has 4 nitrogen and oxygen atoms in total. The fraction of sp³-hybridized carbons (Fsp3) is 0.241. The van der Waals surface area contributed by atoms with Crippen LogP contribution in [0.4, 0.5) is 0 Å². The Morgan fingerprint density at radius 1 is 0.818 bits per heavy atom. The lowest BCUT2D eigenvalue weighted by Gasteiger charge is -2.29. The maximum Gasteiger partial charge on any atom is 0.272 e. The van der Waals surface area contributed by atoms with Crippen molar-refractivity contribution < 1.29 is 4.79 Å². The highest BCUT2D eigenvalue weighted by Crippen LogP contribution is 2.28. The Kier molecular flexibility index (Phi) is 5.37. The van der Waals surface area contributed by atoms with Crippen molar-refractivity contribution in [1.82, 2.24) is 14.7 Å². The third kappa shape index (κ3) is 3.97. The second-order valence-electron chi connectivity index (χ2n) is 9.16. The van der Waals surface area contributed by atoms with Crippen LogP contribution in [0.5, 0.6) is 0 Å². The number of amides is 1. The molecule has 5 rings (SSSR count). The van der Waals surface area contributed by atoms with E-state index in [1.807, 2.05) is 21.7 Å². The van der Waals surface area contributed by atoms with Gasteiger partial charge in [-0.3, -0.25) is 4.79 Å². The zero-order valence-electron chi connectivity index (χ0n) is 19.7. The summed E-state index contributed by atoms with van der Waals surface area (Å²) >= 11 is 0. The van der Waals surface area contributed by atoms with Crippen molar-refractivity contribution in [3.8, 4) is 16.9 Å². The number of benzene rings is 3. The van der Waals surface area contributed by atoms with Gasteiger partial charge in [0.25, 0.3) is 5.91 Å². The Bertz CT molecular complexity index is 1370. The molecule has 4 heteroatoms. The lowest BCUT2D eigenvalue weighted by Crippen LogP contribution is -2.37. The Hall–Kier alpha value is -3.66. The highest BCUT2D eigenvalue weighted by Gasteiger charge is 2.26. The molecular formula is C29H29N3O. The molecule has 0 atom stereocenters. The van der Waals surface area contributed by atoms with Crippen molar-refractivity contribution in [3.05, 3.63) is 106 Å². The SMILES string of the molecule is Cc1ccc(C)c(-n2nc(-c3ccc(C)c(C)c3)cc2C(=O)N2CCc3ccccc3C2)c1. The van der Waals surface area contributed by atoms with E-state index in [-0.39, 0.29) is 5.91 Å². The van der Waals surface area contributed by atoms with Gasteiger partial charge in [-0.1, -0.05) is 48.5 Å². The summed E-state index contributed by atoms with van der Waals surface area (Å²) in [4.78, 5) is 15.8. The quantitative estimate of drug-likeness (QED) is 0.397. The lowest BCUT2D eigenvalue weighted by molar-refractivity contribution is 0.0725. The molecule has 0 N–H and O–H groups in total. The van der Waals surface area contributed by atoms with Crippen LogP contribution in [-0.2, 0) is 13.0 Å². The van der Waals surface area contributed by atoms with Gasteiger partial charge in [0, 0.05) is 18.7 Å². The van der Waals surface area contributed by atoms with Crippen LogP contribution in [0, 0.1) is 27.7 Å². The predicted molar refractivity (Wildman–Crippen MR) is 133 cm³/mol. The molecule has 1 aliphatic rings. The van der Waals surface area contributed by atoms with Gasteiger partial charge < -0.3 is 4.90 Å². The summed E-state index contributed by atoms with van der Waals surface area (Å²) in [6.07, 6.45) is 0.879. The minimum Gasteiger partial charge on any atom is -0.333 e. The fourth-order valence-corrected chi connectivity index (χ4v) is 4.54. The van der Waals surface area contributed by atoms with Crippen LogP contribution >= 0.6 is 0 Å². The number of carbonyl (C=O) groups excluding carboxylic acids is 1. The van der Waals surface area contributed by atoms with Crippen molar-refractivity contribution in [2.75, 3.05) is 6.54 Å². The van der Waals surface area contributed by atoms with Gasteiger partial charge in [0.05, 0.1) is 11.4 Å². The molecule has 1 aromatic heterocycles. The Balaban J connectivity index is 1.60. The van der Waals surface area contributed by atoms with Crippen molar-refractivity contribution in [1.29, 1.82) is 0 Å². The summed E-state index contributed by atoms with van der Waals surface area (Å²) in [5.74, 6) is 0.0213. The van der Waals surface area contributed by atoms with Crippen LogP contribution in [-0.4, -0.2) is 27.1 Å². The van der Waals surface area contributed by atoms with Gasteiger partial charge in [0.15, 0.2) is 0 Å². The summed E-state index contributed by atoms with van der Waals surface area (Å²) in [5, 5.41) is 4.95. The summed E-state index contributed by atoms with van der Waals surface area (Å²) in [6, 6.07) is 23.0. The highest BCUT2D eigenvalue weighted by atomic mass is 16.2. The molecule has 166 valence electrons. The Labute approximate surface area is 195 Å². The zero-order valence-corrected chi connectivity index (χ0v) is 19.7. The monoisotopic (exact) mass is 435 g/mol. The molecule has 0 fully saturated rings. The summed E-state index contributed by atoms with van der Waals surface area (Å²) in [6.45, 7) is 9.70. The Morgan fingerprint density at radius 2 is 1.58 bits per heavy atom. The number of aromatic nitrogens is 2. The van der Waals surface area contributed by atoms with Crippen LogP contribution in [0.25, 0.3) is 16.9 Å². The van der Waals surface area contributed by atoms with Crippen LogP contribution in [0.2, 0.25) is 0 Å². The Morgan fingerprint density at radius 3 is 2.36 bits per heavy atom. The van der Waals surface area contributed by atoms with E-state index in [1.54, 1.807) is 0 Å². The molecule has 3 aromatic carbocycles. The normalized spacial score (nSPS) is 13.2. The van der Waals surface area contributed by atoms with Gasteiger partial charge in [-0.2, -0.15) is 5.10 Å². The first-order valence-corrected chi connectivity index (χ1v) is 11.5. The largest absolute Gasteiger partial charge is 0.333 e. The van der Waals surface area contributed by atoms with E-state index < -0.39 is 0 Å². The second kappa shape index (κ2) is 8.36. The third-order valence-corrected chi connectivity index (χ3v) is 6.74. The molecular weight excluding hydrogens is 406 g/mol. The van der Waals surface area contributed by atoms with Crippen molar-refractivity contribution >= 4 is 5.91 Å². The molecule has 0 saturated carbocycles. The van der Waals surface area contributed by atoms with Gasteiger partial charge in [0.1, 0.15) is 5.69 Å². The van der Waals surface area contributed by atoms with Crippen LogP contribution in [0.1, 0.15) is 43.9 Å². The molecule has 0 saturated heterocycles. The standard InChI is InChI=1S/C29H29N3O/c1-19-9-10-21(3)27(15-19)32-28(17-26(30-32)24-12-11-20(2)22(4)16-24)29(33)31-14-13-23-7-5-6-8-25(23)18-31/h5-12,15-17H,13-14,18H2,1-4H3. The van der Waals surface area contributed by atoms with Crippen molar-refractivity contribution in [3.63, 3.8) is 0 Å². The molecule has 0 bridgehead atoms. The first-order chi connectivity index (χ1) is 15.9. The second-order valence-corrected chi connectivity index (χ2v) is 9.16. The number of rotatable bonds is 3. The summed E-state index contributed by atoms with van der Waals surface area (Å²) in [7, 11) is 0. The van der Waals surface area contributed by atoms with Crippen LogP contribution < -0.4 is 0 Å². The van der Waals surface area contributed by atoms with Gasteiger partial charge in [-0.25, -0.2) is 4.68 Å². The maximum atomic E-state index is 13.8. The summed E-state index contributed by atoms with van der Waals surface area (Å²) < 4.78 is 1.84. The summed E-state index contributed by atoms with van der Waals surface area (Å²) in [5.41, 5.74) is 10.7. The minimum absolute atomic E-state index is 0.0213. The number of hydrogen-bond donors (Lipinski definition) is 0. The maximum absolute atomic E-state index is 13.8. The topological polar surface area (TPSA) is 38.1 Å². The van der Waals surface area contributed by atoms with Crippen molar-refractivity contribution in [2.24, 2.45) is 0 Å². The van der Waals surface area contributed by atoms with E-state index in [9.17, 15) is 4.79 Å². The van der Waals surface area contributed by atoms with Gasteiger partial charge >= 0.3 is 0 Å². The predicted octanol–water partition coefficient (Wildman–Crippen LogP) is 5.97. The number of hydrogen-bond acceptors (Lipinski definition) is 2. The van der Waals surface area contributed by atoms with E-state index in [0.29, 0.717) is 18.8 Å². The third-order valence-electron chi connectivity index (χ3n) is 6.74. The molecule has 0 spiro atoms. The molecule has 0 aliphatic carbocycles. The van der Waals surface area contributed by atoms with Crippen LogP contribution in [0.15, 0.2) is 66.7 Å². The highest BCUT2D eigenvalue weighted by molar-refractivity contribution is 5.94. The zero-order chi connectivity index (χ0) is 23.1. The number of fused-ring (bicyclic) bond motifs is 1. The average Bonchev–Trinajstić information content (AvgIpc) is 3.27. The first-order valence-electron chi connectivity index (χ1n) is 11.5. The van der Waals surface area contributed by atoms with Gasteiger partial charge in [-0.05, 0) is 85.7 Å². The molecule has 1 aliphatic heterocycles. The molecule has 0 unspecified atom stereocenters. The number of nitrogens with zero attached hydrogens (tertiary/aromatic N) is 3. The minimum atomic E-state index is 0.0213. The average molecular weight is 436 g/mol. The van der Waals surface area contributed by atoms with Gasteiger partial charge in [-0.15, -0.1) is 0 Å².